The van der Waals surface area contributed by atoms with Crippen molar-refractivity contribution in [2.75, 3.05) is 13.4 Å². The molecule has 2 N–H and O–H groups in total. The molecule has 0 saturated heterocycles. The molecule has 5 aromatic rings. The van der Waals surface area contributed by atoms with Gasteiger partial charge >= 0.3 is 17.6 Å². The van der Waals surface area contributed by atoms with Gasteiger partial charge < -0.3 is 33.6 Å². The molecule has 4 aromatic carbocycles. The van der Waals surface area contributed by atoms with Crippen molar-refractivity contribution in [1.82, 2.24) is 0 Å². The number of fused-ring (bicyclic) bond motifs is 7. The number of benzene rings is 4. The largest absolute Gasteiger partial charge is 0.482 e. The van der Waals surface area contributed by atoms with Crippen LogP contribution in [0, 0.1) is 17.8 Å². The normalized spacial score (nSPS) is 21.0. The molecule has 5 bridgehead atoms. The van der Waals surface area contributed by atoms with Crippen molar-refractivity contribution in [1.29, 1.82) is 0 Å². The number of esters is 2. The molecule has 0 unspecified atom stereocenters. The van der Waals surface area contributed by atoms with Crippen molar-refractivity contribution in [2.24, 2.45) is 5.92 Å². The van der Waals surface area contributed by atoms with Gasteiger partial charge in [0.1, 0.15) is 18.1 Å². The minimum Gasteiger partial charge on any atom is -0.482 e. The lowest BCUT2D eigenvalue weighted by atomic mass is 9.82. The molecular formula is C53H54O10. The number of hydrogen-bond donors (Lipinski definition) is 2. The number of allylic oxidation sites excluding steroid dienone is 1. The Kier molecular flexibility index (Phi) is 13.3. The molecule has 4 atom stereocenters. The summed E-state index contributed by atoms with van der Waals surface area (Å²) < 4.78 is 31.1. The Morgan fingerprint density at radius 3 is 2.43 bits per heavy atom. The molecule has 0 amide bonds. The molecule has 8 rings (SSSR count). The Morgan fingerprint density at radius 1 is 0.825 bits per heavy atom. The number of aliphatic hydroxyl groups excluding tert-OH is 2. The first-order valence-electron chi connectivity index (χ1n) is 21.9. The topological polar surface area (TPSA) is 142 Å². The third kappa shape index (κ3) is 9.67. The van der Waals surface area contributed by atoms with Crippen molar-refractivity contribution in [3.05, 3.63) is 157 Å². The molecule has 3 aliphatic heterocycles. The van der Waals surface area contributed by atoms with Crippen LogP contribution in [0.15, 0.2) is 105 Å². The number of aryl methyl sites for hydroxylation is 2. The maximum absolute atomic E-state index is 14.7. The van der Waals surface area contributed by atoms with E-state index >= 15 is 0 Å². The van der Waals surface area contributed by atoms with Gasteiger partial charge in [-0.05, 0) is 116 Å². The molecule has 0 radical (unpaired) electrons. The highest BCUT2D eigenvalue weighted by Gasteiger charge is 2.53. The second-order valence-electron chi connectivity index (χ2n) is 17.4. The highest BCUT2D eigenvalue weighted by molar-refractivity contribution is 5.90. The highest BCUT2D eigenvalue weighted by Crippen LogP contribution is 2.49. The molecule has 10 nitrogen and oxygen atoms in total. The Hall–Kier alpha value is -5.99. The zero-order valence-electron chi connectivity index (χ0n) is 36.2. The Labute approximate surface area is 367 Å². The van der Waals surface area contributed by atoms with E-state index in [9.17, 15) is 24.6 Å². The van der Waals surface area contributed by atoms with Gasteiger partial charge in [0.25, 0.3) is 0 Å². The second kappa shape index (κ2) is 19.2. The van der Waals surface area contributed by atoms with Crippen LogP contribution in [0.1, 0.15) is 103 Å². The summed E-state index contributed by atoms with van der Waals surface area (Å²) in [5.74, 6) is 5.81. The van der Waals surface area contributed by atoms with Gasteiger partial charge in [-0.3, -0.25) is 4.79 Å². The summed E-state index contributed by atoms with van der Waals surface area (Å²) >= 11 is 0. The quantitative estimate of drug-likeness (QED) is 0.0353. The van der Waals surface area contributed by atoms with Crippen LogP contribution in [0.25, 0.3) is 11.0 Å². The van der Waals surface area contributed by atoms with Crippen LogP contribution in [-0.2, 0) is 68.9 Å². The van der Waals surface area contributed by atoms with Crippen LogP contribution in [-0.4, -0.2) is 47.3 Å². The maximum atomic E-state index is 14.7. The van der Waals surface area contributed by atoms with Crippen LogP contribution < -0.4 is 10.4 Å². The van der Waals surface area contributed by atoms with Gasteiger partial charge in [0, 0.05) is 35.8 Å². The fraction of sp³-hybridized carbons (Fsp3) is 0.377. The molecule has 0 saturated carbocycles. The lowest BCUT2D eigenvalue weighted by Crippen LogP contribution is -2.54. The minimum absolute atomic E-state index is 0.0178. The molecule has 0 aliphatic carbocycles. The average molecular weight is 851 g/mol. The van der Waals surface area contributed by atoms with Crippen molar-refractivity contribution in [2.45, 2.75) is 109 Å². The van der Waals surface area contributed by atoms with Gasteiger partial charge in [0.15, 0.2) is 17.8 Å². The van der Waals surface area contributed by atoms with Crippen LogP contribution in [0.5, 0.6) is 5.75 Å². The van der Waals surface area contributed by atoms with Crippen LogP contribution in [0.2, 0.25) is 0 Å². The van der Waals surface area contributed by atoms with Gasteiger partial charge in [0.05, 0.1) is 25.2 Å². The van der Waals surface area contributed by atoms with Gasteiger partial charge in [-0.15, -0.1) is 0 Å². The standard InChI is InChI=1S/C53H54O10/c1-33(2)41-20-18-36-17-19-40-29-38(16-15-35-12-9-13-37(27-35)26-34-10-5-4-6-11-34)30-46(56)60-49-47-45(63-53(3,50(49)62-51(41)57)24-8-7-14-39(40)28-36)22-21-42-44(31-54)43(23-25-59-32-55)52(58)61-48(42)47/h4-6,9-13,17,19,21-22,27-28,38,49-50,54-55H,14-16,18,20,23-26,29-32H2,1-3H3/t38-,49+,50-,53+/m0/s1. The highest BCUT2D eigenvalue weighted by atomic mass is 16.6. The summed E-state index contributed by atoms with van der Waals surface area (Å²) in [5, 5.41) is 20.3. The molecular weight excluding hydrogens is 797 g/mol. The van der Waals surface area contributed by atoms with Crippen molar-refractivity contribution >= 4 is 22.9 Å². The summed E-state index contributed by atoms with van der Waals surface area (Å²) in [6.07, 6.45) is 2.15. The van der Waals surface area contributed by atoms with E-state index in [0.717, 1.165) is 35.1 Å². The smallest absolute Gasteiger partial charge is 0.339 e. The molecule has 10 heteroatoms. The SMILES string of the molecule is CC(C)=C1CCc2ccc3c(c2)CC#CC[C@@]2(C)Oc4ccc5c(CO)c(CCOCO)c(=O)oc5c4[C@@H](OC(=O)C[C@@H](CCc4cccc(Cc5ccccc5)c4)C3)[C@@H]2OC1=O. The molecule has 0 fully saturated rings. The van der Waals surface area contributed by atoms with Crippen LogP contribution >= 0.6 is 0 Å². The van der Waals surface area contributed by atoms with Gasteiger partial charge in [0.2, 0.25) is 0 Å². The Bertz CT molecular complexity index is 2660. The fourth-order valence-corrected chi connectivity index (χ4v) is 9.34. The minimum atomic E-state index is -1.31. The predicted octanol–water partition coefficient (Wildman–Crippen LogP) is 8.15. The van der Waals surface area contributed by atoms with E-state index in [0.29, 0.717) is 48.6 Å². The monoisotopic (exact) mass is 850 g/mol. The molecule has 1 aromatic heterocycles. The maximum Gasteiger partial charge on any atom is 0.339 e. The first-order valence-corrected chi connectivity index (χ1v) is 21.9. The lowest BCUT2D eigenvalue weighted by molar-refractivity contribution is -0.190. The third-order valence-electron chi connectivity index (χ3n) is 12.7. The number of ether oxygens (including phenoxy) is 4. The molecule has 326 valence electrons. The Morgan fingerprint density at radius 2 is 1.63 bits per heavy atom. The van der Waals surface area contributed by atoms with Crippen molar-refractivity contribution in [3.63, 3.8) is 0 Å². The number of rotatable bonds is 10. The molecule has 3 aliphatic rings. The van der Waals surface area contributed by atoms with E-state index in [4.69, 9.17) is 23.4 Å². The summed E-state index contributed by atoms with van der Waals surface area (Å²) in [5.41, 5.74) is 6.96. The average Bonchev–Trinajstić information content (AvgIpc) is 3.26. The zero-order valence-corrected chi connectivity index (χ0v) is 36.2. The Balaban J connectivity index is 1.24. The van der Waals surface area contributed by atoms with Crippen LogP contribution in [0.4, 0.5) is 0 Å². The summed E-state index contributed by atoms with van der Waals surface area (Å²) in [6, 6.07) is 28.8. The number of carbonyl (C=O) groups is 2. The third-order valence-corrected chi connectivity index (χ3v) is 12.7. The van der Waals surface area contributed by atoms with Gasteiger partial charge in [-0.2, -0.15) is 0 Å². The first-order chi connectivity index (χ1) is 30.5. The fourth-order valence-electron chi connectivity index (χ4n) is 9.34. The molecule has 0 spiro atoms. The van der Waals surface area contributed by atoms with E-state index in [1.165, 1.54) is 16.7 Å². The summed E-state index contributed by atoms with van der Waals surface area (Å²) in [6.45, 7) is 4.54. The van der Waals surface area contributed by atoms with E-state index < -0.39 is 48.8 Å². The first kappa shape index (κ1) is 43.7. The van der Waals surface area contributed by atoms with E-state index in [-0.39, 0.29) is 54.2 Å². The van der Waals surface area contributed by atoms with Gasteiger partial charge in [-0.1, -0.05) is 90.2 Å². The number of aliphatic hydroxyl groups is 2. The lowest BCUT2D eigenvalue weighted by Gasteiger charge is -2.44. The molecule has 63 heavy (non-hydrogen) atoms. The van der Waals surface area contributed by atoms with Gasteiger partial charge in [-0.25, -0.2) is 9.59 Å². The molecule has 4 heterocycles. The predicted molar refractivity (Wildman–Crippen MR) is 238 cm³/mol. The second-order valence-corrected chi connectivity index (χ2v) is 17.4. The van der Waals surface area contributed by atoms with Crippen molar-refractivity contribution < 1.29 is 43.2 Å². The van der Waals surface area contributed by atoms with Crippen molar-refractivity contribution in [3.8, 4) is 17.6 Å². The zero-order chi connectivity index (χ0) is 44.1. The van der Waals surface area contributed by atoms with E-state index in [2.05, 4.69) is 78.6 Å². The summed E-state index contributed by atoms with van der Waals surface area (Å²) in [7, 11) is 0. The summed E-state index contributed by atoms with van der Waals surface area (Å²) in [4.78, 5) is 42.9. The van der Waals surface area contributed by atoms with Crippen LogP contribution in [0.3, 0.4) is 0 Å². The number of hydrogen-bond acceptors (Lipinski definition) is 10. The number of carbonyl (C=O) groups excluding carboxylic acids is 2. The van der Waals surface area contributed by atoms with E-state index in [1.54, 1.807) is 19.1 Å². The van der Waals surface area contributed by atoms with E-state index in [1.807, 2.05) is 19.9 Å².